The minimum atomic E-state index is -0.816. The maximum absolute atomic E-state index is 12.3. The zero-order chi connectivity index (χ0) is 15.7. The summed E-state index contributed by atoms with van der Waals surface area (Å²) < 4.78 is 1.96. The first-order valence-corrected chi connectivity index (χ1v) is 7.46. The van der Waals surface area contributed by atoms with Gasteiger partial charge in [-0.25, -0.2) is 4.98 Å². The maximum atomic E-state index is 12.3. The molecule has 1 aromatic carbocycles. The summed E-state index contributed by atoms with van der Waals surface area (Å²) in [5.41, 5.74) is 1.92. The van der Waals surface area contributed by atoms with E-state index in [0.29, 0.717) is 26.1 Å². The Hall–Kier alpha value is -2.37. The number of carbonyl (C=O) groups is 2. The zero-order valence-corrected chi connectivity index (χ0v) is 12.5. The molecule has 0 unspecified atom stereocenters. The predicted molar refractivity (Wildman–Crippen MR) is 81.2 cm³/mol. The Kier molecular flexibility index (Phi) is 3.83. The van der Waals surface area contributed by atoms with Gasteiger partial charge in [-0.3, -0.25) is 9.59 Å². The van der Waals surface area contributed by atoms with Gasteiger partial charge in [0.25, 0.3) is 0 Å². The fourth-order valence-corrected chi connectivity index (χ4v) is 3.05. The van der Waals surface area contributed by atoms with Crippen molar-refractivity contribution in [3.63, 3.8) is 0 Å². The second kappa shape index (κ2) is 5.79. The second-order valence-electron chi connectivity index (χ2n) is 5.90. The number of amides is 1. The number of carboxylic acid groups (broad SMARTS) is 1. The standard InChI is InChI=1S/C16H19N3O3/c1-11-8-19(9-12(11)16(21)22)15(20)6-7-18-10-17-13-4-2-3-5-14(13)18/h2-5,10-12H,6-9H2,1H3,(H,21,22)/t11-,12-/m1/s1. The van der Waals surface area contributed by atoms with Crippen LogP contribution in [0.1, 0.15) is 13.3 Å². The lowest BCUT2D eigenvalue weighted by Gasteiger charge is -2.16. The Morgan fingerprint density at radius 2 is 2.09 bits per heavy atom. The molecule has 2 aromatic rings. The van der Waals surface area contributed by atoms with Gasteiger partial charge in [-0.05, 0) is 18.1 Å². The van der Waals surface area contributed by atoms with E-state index in [1.54, 1.807) is 11.2 Å². The number of likely N-dealkylation sites (tertiary alicyclic amines) is 1. The Morgan fingerprint density at radius 3 is 2.82 bits per heavy atom. The summed E-state index contributed by atoms with van der Waals surface area (Å²) in [6, 6.07) is 7.79. The van der Waals surface area contributed by atoms with Gasteiger partial charge in [0.05, 0.1) is 23.3 Å². The largest absolute Gasteiger partial charge is 0.481 e. The molecule has 22 heavy (non-hydrogen) atoms. The number of hydrogen-bond acceptors (Lipinski definition) is 3. The van der Waals surface area contributed by atoms with Crippen molar-refractivity contribution >= 4 is 22.9 Å². The average molecular weight is 301 g/mol. The van der Waals surface area contributed by atoms with Gasteiger partial charge >= 0.3 is 5.97 Å². The van der Waals surface area contributed by atoms with Gasteiger partial charge < -0.3 is 14.6 Å². The lowest BCUT2D eigenvalue weighted by atomic mass is 9.99. The lowest BCUT2D eigenvalue weighted by Crippen LogP contribution is -2.30. The molecule has 3 rings (SSSR count). The maximum Gasteiger partial charge on any atom is 0.308 e. The average Bonchev–Trinajstić information content (AvgIpc) is 3.08. The van der Waals surface area contributed by atoms with E-state index in [2.05, 4.69) is 4.98 Å². The van der Waals surface area contributed by atoms with Crippen molar-refractivity contribution < 1.29 is 14.7 Å². The van der Waals surface area contributed by atoms with Crippen LogP contribution in [0.4, 0.5) is 0 Å². The number of aryl methyl sites for hydroxylation is 1. The molecule has 1 aliphatic rings. The molecule has 0 radical (unpaired) electrons. The van der Waals surface area contributed by atoms with Crippen molar-refractivity contribution in [2.45, 2.75) is 19.9 Å². The summed E-state index contributed by atoms with van der Waals surface area (Å²) in [6.45, 7) is 3.29. The third kappa shape index (κ3) is 2.68. The van der Waals surface area contributed by atoms with Gasteiger partial charge in [-0.1, -0.05) is 19.1 Å². The predicted octanol–water partition coefficient (Wildman–Crippen LogP) is 1.61. The molecule has 1 N–H and O–H groups in total. The van der Waals surface area contributed by atoms with Crippen molar-refractivity contribution in [2.24, 2.45) is 11.8 Å². The monoisotopic (exact) mass is 301 g/mol. The van der Waals surface area contributed by atoms with E-state index in [-0.39, 0.29) is 11.8 Å². The first-order valence-electron chi connectivity index (χ1n) is 7.46. The molecule has 0 spiro atoms. The normalized spacial score (nSPS) is 21.4. The molecule has 2 heterocycles. The topological polar surface area (TPSA) is 75.4 Å². The number of benzene rings is 1. The van der Waals surface area contributed by atoms with E-state index in [1.165, 1.54) is 0 Å². The van der Waals surface area contributed by atoms with Gasteiger partial charge in [0, 0.05) is 26.1 Å². The highest BCUT2D eigenvalue weighted by Crippen LogP contribution is 2.24. The smallest absolute Gasteiger partial charge is 0.308 e. The molecule has 0 aliphatic carbocycles. The van der Waals surface area contributed by atoms with E-state index in [9.17, 15) is 9.59 Å². The number of carbonyl (C=O) groups excluding carboxylic acids is 1. The molecule has 6 heteroatoms. The van der Waals surface area contributed by atoms with Gasteiger partial charge in [0.15, 0.2) is 0 Å². The van der Waals surface area contributed by atoms with Gasteiger partial charge in [-0.2, -0.15) is 0 Å². The van der Waals surface area contributed by atoms with Crippen molar-refractivity contribution in [2.75, 3.05) is 13.1 Å². The molecule has 116 valence electrons. The summed E-state index contributed by atoms with van der Waals surface area (Å²) in [4.78, 5) is 29.4. The van der Waals surface area contributed by atoms with Gasteiger partial charge in [-0.15, -0.1) is 0 Å². The molecule has 1 aromatic heterocycles. The summed E-state index contributed by atoms with van der Waals surface area (Å²) in [7, 11) is 0. The fraction of sp³-hybridized carbons (Fsp3) is 0.438. The van der Waals surface area contributed by atoms with Crippen LogP contribution in [-0.2, 0) is 16.1 Å². The van der Waals surface area contributed by atoms with Crippen LogP contribution in [0.5, 0.6) is 0 Å². The van der Waals surface area contributed by atoms with Crippen LogP contribution in [-0.4, -0.2) is 44.5 Å². The minimum Gasteiger partial charge on any atom is -0.481 e. The summed E-state index contributed by atoms with van der Waals surface area (Å²) >= 11 is 0. The number of para-hydroxylation sites is 2. The van der Waals surface area contributed by atoms with Crippen LogP contribution in [0.2, 0.25) is 0 Å². The number of hydrogen-bond donors (Lipinski definition) is 1. The van der Waals surface area contributed by atoms with Crippen LogP contribution in [0.15, 0.2) is 30.6 Å². The number of aliphatic carboxylic acids is 1. The lowest BCUT2D eigenvalue weighted by molar-refractivity contribution is -0.142. The number of carboxylic acids is 1. The highest BCUT2D eigenvalue weighted by Gasteiger charge is 2.36. The number of fused-ring (bicyclic) bond motifs is 1. The van der Waals surface area contributed by atoms with Crippen LogP contribution < -0.4 is 0 Å². The Bertz CT molecular complexity index is 709. The van der Waals surface area contributed by atoms with Crippen molar-refractivity contribution in [3.05, 3.63) is 30.6 Å². The van der Waals surface area contributed by atoms with Crippen molar-refractivity contribution in [1.29, 1.82) is 0 Å². The van der Waals surface area contributed by atoms with Crippen LogP contribution >= 0.6 is 0 Å². The van der Waals surface area contributed by atoms with E-state index in [4.69, 9.17) is 5.11 Å². The first kappa shape index (κ1) is 14.6. The molecule has 1 amide bonds. The highest BCUT2D eigenvalue weighted by atomic mass is 16.4. The zero-order valence-electron chi connectivity index (χ0n) is 12.5. The fourth-order valence-electron chi connectivity index (χ4n) is 3.05. The molecule has 0 saturated carbocycles. The van der Waals surface area contributed by atoms with Gasteiger partial charge in [0.1, 0.15) is 0 Å². The number of imidazole rings is 1. The Morgan fingerprint density at radius 1 is 1.32 bits per heavy atom. The van der Waals surface area contributed by atoms with E-state index < -0.39 is 11.9 Å². The number of aromatic nitrogens is 2. The quantitative estimate of drug-likeness (QED) is 0.931. The summed E-state index contributed by atoms with van der Waals surface area (Å²) in [6.07, 6.45) is 2.10. The van der Waals surface area contributed by atoms with E-state index >= 15 is 0 Å². The third-order valence-corrected chi connectivity index (χ3v) is 4.38. The van der Waals surface area contributed by atoms with Crippen LogP contribution in [0.3, 0.4) is 0 Å². The van der Waals surface area contributed by atoms with Crippen molar-refractivity contribution in [3.8, 4) is 0 Å². The molecular weight excluding hydrogens is 282 g/mol. The molecule has 2 atom stereocenters. The second-order valence-corrected chi connectivity index (χ2v) is 5.90. The highest BCUT2D eigenvalue weighted by molar-refractivity contribution is 5.79. The van der Waals surface area contributed by atoms with Crippen LogP contribution in [0.25, 0.3) is 11.0 Å². The molecule has 0 bridgehead atoms. The minimum absolute atomic E-state index is 0.00776. The third-order valence-electron chi connectivity index (χ3n) is 4.38. The molecule has 6 nitrogen and oxygen atoms in total. The Balaban J connectivity index is 1.62. The SMILES string of the molecule is C[C@@H]1CN(C(=O)CCn2cnc3ccccc32)C[C@H]1C(=O)O. The van der Waals surface area contributed by atoms with Gasteiger partial charge in [0.2, 0.25) is 5.91 Å². The Labute approximate surface area is 128 Å². The molecule has 1 fully saturated rings. The molecule has 1 aliphatic heterocycles. The first-order chi connectivity index (χ1) is 10.6. The van der Waals surface area contributed by atoms with Crippen molar-refractivity contribution in [1.82, 2.24) is 14.5 Å². The number of nitrogens with zero attached hydrogens (tertiary/aromatic N) is 3. The van der Waals surface area contributed by atoms with Crippen LogP contribution in [0, 0.1) is 11.8 Å². The molecule has 1 saturated heterocycles. The molecular formula is C16H19N3O3. The van der Waals surface area contributed by atoms with E-state index in [0.717, 1.165) is 11.0 Å². The summed E-state index contributed by atoms with van der Waals surface area (Å²) in [5, 5.41) is 9.13. The summed E-state index contributed by atoms with van der Waals surface area (Å²) in [5.74, 6) is -1.25. The van der Waals surface area contributed by atoms with E-state index in [1.807, 2.05) is 35.8 Å². The number of rotatable bonds is 4.